The number of carbonyl (C=O) groups excluding carboxylic acids is 1. The first-order valence-electron chi connectivity index (χ1n) is 6.71. The molecule has 1 aliphatic carbocycles. The molecule has 1 amide bonds. The molecule has 5 heteroatoms. The summed E-state index contributed by atoms with van der Waals surface area (Å²) in [6, 6.07) is 5.13. The van der Waals surface area contributed by atoms with Crippen molar-refractivity contribution in [1.82, 2.24) is 5.32 Å². The quantitative estimate of drug-likeness (QED) is 0.830. The number of benzene rings is 1. The first kappa shape index (κ1) is 14.7. The largest absolute Gasteiger partial charge is 0.493 e. The molecule has 0 radical (unpaired) electrons. The molecule has 2 rings (SSSR count). The average Bonchev–Trinajstić information content (AvgIpc) is 3.28. The number of aliphatic hydroxyl groups is 1. The molecule has 1 unspecified atom stereocenters. The van der Waals surface area contributed by atoms with Crippen molar-refractivity contribution in [1.29, 1.82) is 0 Å². The highest BCUT2D eigenvalue weighted by Gasteiger charge is 2.40. The van der Waals surface area contributed by atoms with E-state index in [-0.39, 0.29) is 18.4 Å². The Morgan fingerprint density at radius 1 is 1.40 bits per heavy atom. The summed E-state index contributed by atoms with van der Waals surface area (Å²) in [4.78, 5) is 12.2. The molecule has 2 N–H and O–H groups in total. The van der Waals surface area contributed by atoms with E-state index < -0.39 is 5.60 Å². The Morgan fingerprint density at radius 3 is 2.65 bits per heavy atom. The van der Waals surface area contributed by atoms with E-state index in [1.54, 1.807) is 25.1 Å². The van der Waals surface area contributed by atoms with Crippen molar-refractivity contribution < 1.29 is 19.4 Å². The number of methoxy groups -OCH3 is 2. The number of para-hydroxylation sites is 1. The van der Waals surface area contributed by atoms with Crippen LogP contribution in [0.5, 0.6) is 11.5 Å². The van der Waals surface area contributed by atoms with E-state index in [4.69, 9.17) is 9.47 Å². The Balaban J connectivity index is 2.09. The molecule has 0 aliphatic heterocycles. The SMILES string of the molecule is COc1cccc(C(=O)NCC(C)(O)C2CC2)c1OC. The Bertz CT molecular complexity index is 495. The van der Waals surface area contributed by atoms with Crippen molar-refractivity contribution in [3.63, 3.8) is 0 Å². The van der Waals surface area contributed by atoms with Crippen molar-refractivity contribution in [3.8, 4) is 11.5 Å². The summed E-state index contributed by atoms with van der Waals surface area (Å²) in [5.74, 6) is 0.921. The molecule has 1 aliphatic rings. The standard InChI is InChI=1S/C15H21NO4/c1-15(18,10-7-8-10)9-16-14(17)11-5-4-6-12(19-2)13(11)20-3/h4-6,10,18H,7-9H2,1-3H3,(H,16,17). The highest BCUT2D eigenvalue weighted by Crippen LogP contribution is 2.39. The lowest BCUT2D eigenvalue weighted by Crippen LogP contribution is -2.42. The maximum atomic E-state index is 12.2. The third-order valence-corrected chi connectivity index (χ3v) is 3.71. The van der Waals surface area contributed by atoms with E-state index >= 15 is 0 Å². The first-order chi connectivity index (χ1) is 9.49. The van der Waals surface area contributed by atoms with Gasteiger partial charge in [-0.25, -0.2) is 0 Å². The lowest BCUT2D eigenvalue weighted by molar-refractivity contribution is 0.0354. The van der Waals surface area contributed by atoms with Crippen molar-refractivity contribution in [2.45, 2.75) is 25.4 Å². The number of hydrogen-bond donors (Lipinski definition) is 2. The highest BCUT2D eigenvalue weighted by atomic mass is 16.5. The smallest absolute Gasteiger partial charge is 0.255 e. The lowest BCUT2D eigenvalue weighted by Gasteiger charge is -2.23. The number of hydrogen-bond acceptors (Lipinski definition) is 4. The van der Waals surface area contributed by atoms with Crippen LogP contribution in [0, 0.1) is 5.92 Å². The van der Waals surface area contributed by atoms with Crippen molar-refractivity contribution in [3.05, 3.63) is 23.8 Å². The van der Waals surface area contributed by atoms with Gasteiger partial charge in [-0.05, 0) is 37.8 Å². The van der Waals surface area contributed by atoms with Gasteiger partial charge in [0.05, 0.1) is 25.4 Å². The summed E-state index contributed by atoms with van der Waals surface area (Å²) in [6.45, 7) is 1.99. The third kappa shape index (κ3) is 3.04. The Hall–Kier alpha value is -1.75. The molecule has 20 heavy (non-hydrogen) atoms. The van der Waals surface area contributed by atoms with E-state index in [0.29, 0.717) is 17.1 Å². The molecule has 0 heterocycles. The Labute approximate surface area is 118 Å². The number of ether oxygens (including phenoxy) is 2. The summed E-state index contributed by atoms with van der Waals surface area (Å²) in [6.07, 6.45) is 2.04. The van der Waals surface area contributed by atoms with Gasteiger partial charge in [-0.1, -0.05) is 6.07 Å². The van der Waals surface area contributed by atoms with Crippen LogP contribution in [0.3, 0.4) is 0 Å². The van der Waals surface area contributed by atoms with Gasteiger partial charge in [0, 0.05) is 6.54 Å². The van der Waals surface area contributed by atoms with Crippen molar-refractivity contribution in [2.24, 2.45) is 5.92 Å². The second-order valence-corrected chi connectivity index (χ2v) is 5.36. The summed E-state index contributed by atoms with van der Waals surface area (Å²) in [7, 11) is 3.02. The minimum atomic E-state index is -0.845. The van der Waals surface area contributed by atoms with Crippen LogP contribution in [0.2, 0.25) is 0 Å². The topological polar surface area (TPSA) is 67.8 Å². The summed E-state index contributed by atoms with van der Waals surface area (Å²) in [5, 5.41) is 13.0. The van der Waals surface area contributed by atoms with Gasteiger partial charge in [-0.3, -0.25) is 4.79 Å². The van der Waals surface area contributed by atoms with Gasteiger partial charge in [-0.2, -0.15) is 0 Å². The van der Waals surface area contributed by atoms with E-state index in [1.165, 1.54) is 14.2 Å². The molecule has 1 aromatic rings. The summed E-state index contributed by atoms with van der Waals surface area (Å²) < 4.78 is 10.4. The van der Waals surface area contributed by atoms with Crippen LogP contribution >= 0.6 is 0 Å². The highest BCUT2D eigenvalue weighted by molar-refractivity contribution is 5.97. The fraction of sp³-hybridized carbons (Fsp3) is 0.533. The number of rotatable bonds is 6. The van der Waals surface area contributed by atoms with E-state index in [1.807, 2.05) is 0 Å². The van der Waals surface area contributed by atoms with Gasteiger partial charge in [0.15, 0.2) is 11.5 Å². The third-order valence-electron chi connectivity index (χ3n) is 3.71. The minimum Gasteiger partial charge on any atom is -0.493 e. The zero-order valence-corrected chi connectivity index (χ0v) is 12.1. The minimum absolute atomic E-state index is 0.233. The summed E-state index contributed by atoms with van der Waals surface area (Å²) in [5.41, 5.74) is -0.444. The van der Waals surface area contributed by atoms with Crippen LogP contribution in [-0.2, 0) is 0 Å². The Kier molecular flexibility index (Phi) is 4.18. The molecule has 0 saturated heterocycles. The van der Waals surface area contributed by atoms with E-state index in [9.17, 15) is 9.90 Å². The molecule has 0 aromatic heterocycles. The Morgan fingerprint density at radius 2 is 2.10 bits per heavy atom. The molecule has 0 bridgehead atoms. The molecular formula is C15H21NO4. The lowest BCUT2D eigenvalue weighted by atomic mass is 10.0. The fourth-order valence-electron chi connectivity index (χ4n) is 2.27. The van der Waals surface area contributed by atoms with Gasteiger partial charge in [0.1, 0.15) is 0 Å². The molecular weight excluding hydrogens is 258 g/mol. The van der Waals surface area contributed by atoms with Gasteiger partial charge in [-0.15, -0.1) is 0 Å². The van der Waals surface area contributed by atoms with Crippen LogP contribution in [0.15, 0.2) is 18.2 Å². The van der Waals surface area contributed by atoms with Gasteiger partial charge < -0.3 is 19.9 Å². The van der Waals surface area contributed by atoms with Crippen LogP contribution < -0.4 is 14.8 Å². The maximum absolute atomic E-state index is 12.2. The number of nitrogens with one attached hydrogen (secondary N) is 1. The molecule has 1 saturated carbocycles. The molecule has 1 fully saturated rings. The first-order valence-corrected chi connectivity index (χ1v) is 6.71. The summed E-state index contributed by atoms with van der Waals surface area (Å²) >= 11 is 0. The molecule has 0 spiro atoms. The van der Waals surface area contributed by atoms with E-state index in [0.717, 1.165) is 12.8 Å². The molecule has 110 valence electrons. The van der Waals surface area contributed by atoms with Crippen LogP contribution in [-0.4, -0.2) is 37.4 Å². The van der Waals surface area contributed by atoms with Crippen LogP contribution in [0.1, 0.15) is 30.1 Å². The van der Waals surface area contributed by atoms with Gasteiger partial charge in [0.25, 0.3) is 5.91 Å². The molecule has 1 atom stereocenters. The van der Waals surface area contributed by atoms with Crippen LogP contribution in [0.25, 0.3) is 0 Å². The average molecular weight is 279 g/mol. The van der Waals surface area contributed by atoms with Crippen molar-refractivity contribution in [2.75, 3.05) is 20.8 Å². The second-order valence-electron chi connectivity index (χ2n) is 5.36. The number of amides is 1. The predicted octanol–water partition coefficient (Wildman–Crippen LogP) is 1.59. The van der Waals surface area contributed by atoms with E-state index in [2.05, 4.69) is 5.32 Å². The van der Waals surface area contributed by atoms with Gasteiger partial charge >= 0.3 is 0 Å². The number of carbonyl (C=O) groups is 1. The molecule has 1 aromatic carbocycles. The predicted molar refractivity (Wildman–Crippen MR) is 75.2 cm³/mol. The fourth-order valence-corrected chi connectivity index (χ4v) is 2.27. The normalized spacial score (nSPS) is 17.2. The van der Waals surface area contributed by atoms with Crippen LogP contribution in [0.4, 0.5) is 0 Å². The maximum Gasteiger partial charge on any atom is 0.255 e. The molecule has 5 nitrogen and oxygen atoms in total. The monoisotopic (exact) mass is 279 g/mol. The van der Waals surface area contributed by atoms with Crippen molar-refractivity contribution >= 4 is 5.91 Å². The zero-order chi connectivity index (χ0) is 14.8. The second kappa shape index (κ2) is 5.71. The zero-order valence-electron chi connectivity index (χ0n) is 12.1. The van der Waals surface area contributed by atoms with Gasteiger partial charge in [0.2, 0.25) is 0 Å².